The zero-order valence-corrected chi connectivity index (χ0v) is 11.8. The summed E-state index contributed by atoms with van der Waals surface area (Å²) in [5.74, 6) is -0.729. The van der Waals surface area contributed by atoms with Gasteiger partial charge in [-0.25, -0.2) is 0 Å². The van der Waals surface area contributed by atoms with Crippen molar-refractivity contribution in [3.05, 3.63) is 0 Å². The summed E-state index contributed by atoms with van der Waals surface area (Å²) in [4.78, 5) is 10.8. The van der Waals surface area contributed by atoms with E-state index in [1.54, 1.807) is 0 Å². The maximum Gasteiger partial charge on any atom is 0.216 e. The summed E-state index contributed by atoms with van der Waals surface area (Å²) in [5.41, 5.74) is 0. The van der Waals surface area contributed by atoms with Gasteiger partial charge in [-0.15, -0.1) is 0 Å². The van der Waals surface area contributed by atoms with Gasteiger partial charge in [0, 0.05) is 45.2 Å². The molecule has 20 heavy (non-hydrogen) atoms. The standard InChI is InChI=1S/C13H26N2O5/c1-8(18)14-4-2-3-9(6-16)12-10(7-17)13(20)11(19)5-15-12/h9-13,15-17,19-20H,2-7H2,1H3,(H,14,18)/t9?,10-,11+,12+,13-/m0/s1. The summed E-state index contributed by atoms with van der Waals surface area (Å²) in [6.45, 7) is 1.90. The number of aliphatic hydroxyl groups is 4. The number of carbonyl (C=O) groups excluding carboxylic acids is 1. The molecule has 0 saturated carbocycles. The Morgan fingerprint density at radius 3 is 2.65 bits per heavy atom. The van der Waals surface area contributed by atoms with Crippen LogP contribution in [0.4, 0.5) is 0 Å². The Morgan fingerprint density at radius 2 is 2.10 bits per heavy atom. The van der Waals surface area contributed by atoms with Crippen molar-refractivity contribution in [2.75, 3.05) is 26.3 Å². The molecule has 0 aliphatic carbocycles. The highest BCUT2D eigenvalue weighted by molar-refractivity contribution is 5.72. The van der Waals surface area contributed by atoms with Crippen LogP contribution in [0.25, 0.3) is 0 Å². The van der Waals surface area contributed by atoms with Gasteiger partial charge in [0.15, 0.2) is 0 Å². The molecule has 1 fully saturated rings. The third-order valence-corrected chi connectivity index (χ3v) is 3.94. The van der Waals surface area contributed by atoms with Gasteiger partial charge in [-0.3, -0.25) is 4.79 Å². The molecule has 0 aromatic carbocycles. The highest BCUT2D eigenvalue weighted by atomic mass is 16.3. The Labute approximate surface area is 119 Å². The first-order valence-corrected chi connectivity index (χ1v) is 7.07. The molecule has 7 heteroatoms. The van der Waals surface area contributed by atoms with Crippen LogP contribution >= 0.6 is 0 Å². The van der Waals surface area contributed by atoms with Gasteiger partial charge in [0.05, 0.1) is 12.2 Å². The third-order valence-electron chi connectivity index (χ3n) is 3.94. The predicted octanol–water partition coefficient (Wildman–Crippen LogP) is -2.19. The molecule has 118 valence electrons. The van der Waals surface area contributed by atoms with E-state index < -0.39 is 18.1 Å². The van der Waals surface area contributed by atoms with E-state index >= 15 is 0 Å². The first kappa shape index (κ1) is 17.3. The first-order chi connectivity index (χ1) is 9.51. The Kier molecular flexibility index (Phi) is 7.39. The zero-order chi connectivity index (χ0) is 15.1. The largest absolute Gasteiger partial charge is 0.396 e. The molecule has 1 aliphatic heterocycles. The predicted molar refractivity (Wildman–Crippen MR) is 72.9 cm³/mol. The summed E-state index contributed by atoms with van der Waals surface area (Å²) >= 11 is 0. The van der Waals surface area contributed by atoms with Crippen molar-refractivity contribution in [2.24, 2.45) is 11.8 Å². The molecule has 1 heterocycles. The zero-order valence-electron chi connectivity index (χ0n) is 11.8. The van der Waals surface area contributed by atoms with Crippen LogP contribution < -0.4 is 10.6 Å². The lowest BCUT2D eigenvalue weighted by Crippen LogP contribution is -2.60. The summed E-state index contributed by atoms with van der Waals surface area (Å²) < 4.78 is 0. The molecule has 0 aromatic heterocycles. The van der Waals surface area contributed by atoms with Crippen LogP contribution in [0.5, 0.6) is 0 Å². The Morgan fingerprint density at radius 1 is 1.40 bits per heavy atom. The summed E-state index contributed by atoms with van der Waals surface area (Å²) in [6, 6.07) is -0.249. The van der Waals surface area contributed by atoms with Crippen molar-refractivity contribution in [2.45, 2.75) is 38.0 Å². The Balaban J connectivity index is 2.52. The lowest BCUT2D eigenvalue weighted by molar-refractivity contribution is -0.118. The third kappa shape index (κ3) is 4.68. The van der Waals surface area contributed by atoms with E-state index in [-0.39, 0.29) is 37.6 Å². The molecule has 0 radical (unpaired) electrons. The fraction of sp³-hybridized carbons (Fsp3) is 0.923. The average Bonchev–Trinajstić information content (AvgIpc) is 2.42. The highest BCUT2D eigenvalue weighted by Crippen LogP contribution is 2.25. The van der Waals surface area contributed by atoms with E-state index in [0.717, 1.165) is 0 Å². The van der Waals surface area contributed by atoms with Crippen molar-refractivity contribution in [3.8, 4) is 0 Å². The van der Waals surface area contributed by atoms with E-state index in [1.165, 1.54) is 6.92 Å². The number of piperidine rings is 1. The van der Waals surface area contributed by atoms with E-state index in [2.05, 4.69) is 10.6 Å². The number of amides is 1. The van der Waals surface area contributed by atoms with Crippen LogP contribution in [-0.2, 0) is 4.79 Å². The lowest BCUT2D eigenvalue weighted by atomic mass is 9.79. The van der Waals surface area contributed by atoms with Crippen molar-refractivity contribution < 1.29 is 25.2 Å². The van der Waals surface area contributed by atoms with Gasteiger partial charge < -0.3 is 31.1 Å². The lowest BCUT2D eigenvalue weighted by Gasteiger charge is -2.41. The van der Waals surface area contributed by atoms with Crippen molar-refractivity contribution >= 4 is 5.91 Å². The average molecular weight is 290 g/mol. The summed E-state index contributed by atoms with van der Waals surface area (Å²) in [6.07, 6.45) is -0.522. The number of hydrogen-bond acceptors (Lipinski definition) is 6. The van der Waals surface area contributed by atoms with Crippen molar-refractivity contribution in [1.82, 2.24) is 10.6 Å². The fourth-order valence-corrected chi connectivity index (χ4v) is 2.78. The fourth-order valence-electron chi connectivity index (χ4n) is 2.78. The molecule has 7 nitrogen and oxygen atoms in total. The Bertz CT molecular complexity index is 302. The molecule has 0 bridgehead atoms. The van der Waals surface area contributed by atoms with E-state index in [1.807, 2.05) is 0 Å². The maximum atomic E-state index is 10.8. The van der Waals surface area contributed by atoms with Crippen molar-refractivity contribution in [3.63, 3.8) is 0 Å². The van der Waals surface area contributed by atoms with Gasteiger partial charge in [0.2, 0.25) is 5.91 Å². The van der Waals surface area contributed by atoms with Crippen LogP contribution in [-0.4, -0.2) is 70.9 Å². The quantitative estimate of drug-likeness (QED) is 0.296. The summed E-state index contributed by atoms with van der Waals surface area (Å²) in [7, 11) is 0. The summed E-state index contributed by atoms with van der Waals surface area (Å²) in [5, 5.41) is 44.2. The number of hydrogen-bond donors (Lipinski definition) is 6. The number of β-amino-alcohol motifs (C(OH)–C–C–N with tert-alkyl or cyclic N) is 1. The minimum atomic E-state index is -0.990. The van der Waals surface area contributed by atoms with Crippen LogP contribution in [0, 0.1) is 11.8 Å². The second-order valence-corrected chi connectivity index (χ2v) is 5.41. The second kappa shape index (κ2) is 8.53. The molecule has 1 saturated heterocycles. The molecule has 0 spiro atoms. The molecule has 1 amide bonds. The molecule has 0 aromatic rings. The molecule has 5 atom stereocenters. The molecule has 1 rings (SSSR count). The highest BCUT2D eigenvalue weighted by Gasteiger charge is 2.40. The number of rotatable bonds is 7. The smallest absolute Gasteiger partial charge is 0.216 e. The van der Waals surface area contributed by atoms with Crippen LogP contribution in [0.3, 0.4) is 0 Å². The van der Waals surface area contributed by atoms with E-state index in [0.29, 0.717) is 19.4 Å². The topological polar surface area (TPSA) is 122 Å². The molecule has 1 aliphatic rings. The van der Waals surface area contributed by atoms with Crippen LogP contribution in [0.2, 0.25) is 0 Å². The van der Waals surface area contributed by atoms with Crippen LogP contribution in [0.15, 0.2) is 0 Å². The molecular formula is C13H26N2O5. The van der Waals surface area contributed by atoms with Gasteiger partial charge >= 0.3 is 0 Å². The first-order valence-electron chi connectivity index (χ1n) is 7.07. The van der Waals surface area contributed by atoms with E-state index in [9.17, 15) is 25.2 Å². The number of nitrogens with one attached hydrogen (secondary N) is 2. The van der Waals surface area contributed by atoms with Gasteiger partial charge in [-0.05, 0) is 18.8 Å². The monoisotopic (exact) mass is 290 g/mol. The Hall–Kier alpha value is -0.730. The van der Waals surface area contributed by atoms with Crippen molar-refractivity contribution in [1.29, 1.82) is 0 Å². The van der Waals surface area contributed by atoms with E-state index in [4.69, 9.17) is 0 Å². The molecule has 6 N–H and O–H groups in total. The number of carbonyl (C=O) groups is 1. The van der Waals surface area contributed by atoms with Crippen LogP contribution in [0.1, 0.15) is 19.8 Å². The van der Waals surface area contributed by atoms with Gasteiger partial charge in [0.1, 0.15) is 0 Å². The molecule has 1 unspecified atom stereocenters. The van der Waals surface area contributed by atoms with Gasteiger partial charge in [-0.1, -0.05) is 0 Å². The SMILES string of the molecule is CC(=O)NCCCC(CO)[C@H]1NC[C@@H](O)[C@@H](O)[C@H]1CO. The van der Waals surface area contributed by atoms with Gasteiger partial charge in [0.25, 0.3) is 0 Å². The normalized spacial score (nSPS) is 31.9. The minimum absolute atomic E-state index is 0.0724. The van der Waals surface area contributed by atoms with Gasteiger partial charge in [-0.2, -0.15) is 0 Å². The maximum absolute atomic E-state index is 10.8. The second-order valence-electron chi connectivity index (χ2n) is 5.41. The molecular weight excluding hydrogens is 264 g/mol. The minimum Gasteiger partial charge on any atom is -0.396 e. The number of aliphatic hydroxyl groups excluding tert-OH is 4.